The maximum atomic E-state index is 11.4. The van der Waals surface area contributed by atoms with Crippen LogP contribution in [0.15, 0.2) is 39.1 Å². The smallest absolute Gasteiger partial charge is 0.343 e. The minimum atomic E-state index is -0.418. The van der Waals surface area contributed by atoms with Crippen LogP contribution in [-0.4, -0.2) is 19.9 Å². The molecule has 1 aromatic heterocycles. The average molecular weight is 279 g/mol. The molecule has 1 heterocycles. The Balaban J connectivity index is 2.17. The van der Waals surface area contributed by atoms with E-state index in [4.69, 9.17) is 0 Å². The maximum Gasteiger partial charge on any atom is 0.343 e. The number of aliphatic hydroxyl groups is 1. The van der Waals surface area contributed by atoms with E-state index in [1.54, 1.807) is 4.57 Å². The summed E-state index contributed by atoms with van der Waals surface area (Å²) in [7, 11) is 0. The summed E-state index contributed by atoms with van der Waals surface area (Å²) in [5.41, 5.74) is 0.713. The van der Waals surface area contributed by atoms with E-state index in [2.05, 4.69) is 10.2 Å². The summed E-state index contributed by atoms with van der Waals surface area (Å²) in [5, 5.41) is 16.8. The Morgan fingerprint density at radius 2 is 2.05 bits per heavy atom. The molecule has 0 bridgehead atoms. The number of aromatic nitrogens is 3. The molecule has 0 aliphatic heterocycles. The van der Waals surface area contributed by atoms with Gasteiger partial charge in [0.15, 0.2) is 5.16 Å². The first kappa shape index (κ1) is 13.9. The lowest BCUT2D eigenvalue weighted by Gasteiger charge is -2.08. The number of H-pyrrole nitrogens is 1. The van der Waals surface area contributed by atoms with Gasteiger partial charge in [-0.1, -0.05) is 19.1 Å². The molecule has 0 saturated heterocycles. The molecule has 2 N–H and O–H groups in total. The largest absolute Gasteiger partial charge is 0.388 e. The molecule has 0 aliphatic rings. The number of aromatic amines is 1. The predicted octanol–water partition coefficient (Wildman–Crippen LogP) is 2.19. The van der Waals surface area contributed by atoms with Gasteiger partial charge in [-0.15, -0.1) is 5.10 Å². The molecule has 2 rings (SSSR count). The monoisotopic (exact) mass is 279 g/mol. The van der Waals surface area contributed by atoms with Gasteiger partial charge < -0.3 is 5.11 Å². The Hall–Kier alpha value is -1.53. The molecule has 0 amide bonds. The summed E-state index contributed by atoms with van der Waals surface area (Å²) >= 11 is 1.43. The van der Waals surface area contributed by atoms with E-state index in [0.29, 0.717) is 18.1 Å². The Bertz CT molecular complexity index is 589. The molecule has 19 heavy (non-hydrogen) atoms. The second-order valence-electron chi connectivity index (χ2n) is 4.15. The van der Waals surface area contributed by atoms with Gasteiger partial charge in [0.25, 0.3) is 0 Å². The van der Waals surface area contributed by atoms with Crippen LogP contribution in [0.3, 0.4) is 0 Å². The molecular formula is C13H17N3O2S. The van der Waals surface area contributed by atoms with E-state index in [1.807, 2.05) is 38.1 Å². The summed E-state index contributed by atoms with van der Waals surface area (Å²) in [5.74, 6) is 0. The molecule has 0 saturated carbocycles. The number of rotatable bonds is 5. The average Bonchev–Trinajstić information content (AvgIpc) is 2.79. The van der Waals surface area contributed by atoms with Crippen molar-refractivity contribution >= 4 is 11.8 Å². The molecule has 1 aromatic carbocycles. The van der Waals surface area contributed by atoms with Crippen LogP contribution in [-0.2, 0) is 6.54 Å². The van der Waals surface area contributed by atoms with Gasteiger partial charge in [-0.25, -0.2) is 9.89 Å². The van der Waals surface area contributed by atoms with Gasteiger partial charge in [0, 0.05) is 11.4 Å². The molecule has 0 spiro atoms. The topological polar surface area (TPSA) is 70.9 Å². The van der Waals surface area contributed by atoms with Crippen LogP contribution in [0.1, 0.15) is 31.9 Å². The Morgan fingerprint density at radius 3 is 2.63 bits per heavy atom. The summed E-state index contributed by atoms with van der Waals surface area (Å²) in [6.07, 6.45) is 0.277. The molecule has 2 aromatic rings. The lowest BCUT2D eigenvalue weighted by molar-refractivity contribution is 0.173. The maximum absolute atomic E-state index is 11.4. The van der Waals surface area contributed by atoms with Crippen molar-refractivity contribution in [2.45, 2.75) is 43.0 Å². The van der Waals surface area contributed by atoms with Gasteiger partial charge in [-0.2, -0.15) is 0 Å². The lowest BCUT2D eigenvalue weighted by atomic mass is 10.1. The highest BCUT2D eigenvalue weighted by Gasteiger charge is 2.09. The fourth-order valence-electron chi connectivity index (χ4n) is 1.76. The van der Waals surface area contributed by atoms with Crippen LogP contribution >= 0.6 is 11.8 Å². The van der Waals surface area contributed by atoms with E-state index in [-0.39, 0.29) is 5.69 Å². The molecule has 0 aliphatic carbocycles. The Kier molecular flexibility index (Phi) is 4.44. The zero-order valence-corrected chi connectivity index (χ0v) is 11.8. The Morgan fingerprint density at radius 1 is 1.37 bits per heavy atom. The molecule has 102 valence electrons. The van der Waals surface area contributed by atoms with Crippen molar-refractivity contribution in [1.82, 2.24) is 14.8 Å². The predicted molar refractivity (Wildman–Crippen MR) is 74.3 cm³/mol. The van der Waals surface area contributed by atoms with Crippen molar-refractivity contribution in [1.29, 1.82) is 0 Å². The summed E-state index contributed by atoms with van der Waals surface area (Å²) in [6.45, 7) is 4.43. The van der Waals surface area contributed by atoms with E-state index < -0.39 is 6.10 Å². The second kappa shape index (κ2) is 6.08. The fourth-order valence-corrected chi connectivity index (χ4v) is 2.66. The molecule has 0 fully saturated rings. The van der Waals surface area contributed by atoms with E-state index in [1.165, 1.54) is 11.8 Å². The number of nitrogens with one attached hydrogen (secondary N) is 1. The second-order valence-corrected chi connectivity index (χ2v) is 5.19. The number of hydrogen-bond donors (Lipinski definition) is 2. The first-order chi connectivity index (χ1) is 9.15. The highest BCUT2D eigenvalue weighted by Crippen LogP contribution is 2.26. The van der Waals surface area contributed by atoms with Crippen LogP contribution in [0.5, 0.6) is 0 Å². The molecule has 6 heteroatoms. The number of benzene rings is 1. The van der Waals surface area contributed by atoms with Gasteiger partial charge in [0.2, 0.25) is 0 Å². The zero-order chi connectivity index (χ0) is 13.8. The molecular weight excluding hydrogens is 262 g/mol. The SMILES string of the molecule is CC[C@H](O)c1ccc(Sc2n[nH]c(=O)n2CC)cc1. The standard InChI is InChI=1S/C13H17N3O2S/c1-3-11(17)9-5-7-10(8-6-9)19-13-15-14-12(18)16(13)4-2/h5-8,11,17H,3-4H2,1-2H3,(H,14,18)/t11-/m0/s1. The van der Waals surface area contributed by atoms with Crippen molar-refractivity contribution in [3.63, 3.8) is 0 Å². The van der Waals surface area contributed by atoms with Gasteiger partial charge in [-0.05, 0) is 42.8 Å². The number of hydrogen-bond acceptors (Lipinski definition) is 4. The van der Waals surface area contributed by atoms with Gasteiger partial charge in [0.05, 0.1) is 6.10 Å². The van der Waals surface area contributed by atoms with Gasteiger partial charge >= 0.3 is 5.69 Å². The molecule has 0 unspecified atom stereocenters. The first-order valence-electron chi connectivity index (χ1n) is 6.26. The van der Waals surface area contributed by atoms with E-state index >= 15 is 0 Å². The van der Waals surface area contributed by atoms with Crippen molar-refractivity contribution in [2.24, 2.45) is 0 Å². The highest BCUT2D eigenvalue weighted by atomic mass is 32.2. The lowest BCUT2D eigenvalue weighted by Crippen LogP contribution is -2.15. The van der Waals surface area contributed by atoms with Crippen molar-refractivity contribution < 1.29 is 5.11 Å². The van der Waals surface area contributed by atoms with Gasteiger partial charge in [0.1, 0.15) is 0 Å². The highest BCUT2D eigenvalue weighted by molar-refractivity contribution is 7.99. The van der Waals surface area contributed by atoms with Crippen LogP contribution in [0.4, 0.5) is 0 Å². The minimum Gasteiger partial charge on any atom is -0.388 e. The number of aliphatic hydroxyl groups excluding tert-OH is 1. The minimum absolute atomic E-state index is 0.192. The molecule has 5 nitrogen and oxygen atoms in total. The third-order valence-electron chi connectivity index (χ3n) is 2.90. The summed E-state index contributed by atoms with van der Waals surface area (Å²) in [4.78, 5) is 12.4. The van der Waals surface area contributed by atoms with Crippen LogP contribution in [0.2, 0.25) is 0 Å². The van der Waals surface area contributed by atoms with E-state index in [0.717, 1.165) is 10.5 Å². The van der Waals surface area contributed by atoms with E-state index in [9.17, 15) is 9.90 Å². The fraction of sp³-hybridized carbons (Fsp3) is 0.385. The zero-order valence-electron chi connectivity index (χ0n) is 11.0. The van der Waals surface area contributed by atoms with Crippen LogP contribution in [0.25, 0.3) is 0 Å². The normalized spacial score (nSPS) is 12.6. The van der Waals surface area contributed by atoms with Crippen molar-refractivity contribution in [2.75, 3.05) is 0 Å². The van der Waals surface area contributed by atoms with Crippen molar-refractivity contribution in [3.8, 4) is 0 Å². The third-order valence-corrected chi connectivity index (χ3v) is 3.90. The summed E-state index contributed by atoms with van der Waals surface area (Å²) < 4.78 is 1.58. The number of nitrogens with zero attached hydrogens (tertiary/aromatic N) is 2. The molecule has 0 radical (unpaired) electrons. The van der Waals surface area contributed by atoms with Crippen molar-refractivity contribution in [3.05, 3.63) is 40.3 Å². The van der Waals surface area contributed by atoms with Crippen LogP contribution < -0.4 is 5.69 Å². The summed E-state index contributed by atoms with van der Waals surface area (Å²) in [6, 6.07) is 7.66. The first-order valence-corrected chi connectivity index (χ1v) is 7.08. The third kappa shape index (κ3) is 3.08. The Labute approximate surface area is 115 Å². The quantitative estimate of drug-likeness (QED) is 0.880. The van der Waals surface area contributed by atoms with Gasteiger partial charge in [-0.3, -0.25) is 4.57 Å². The molecule has 1 atom stereocenters. The van der Waals surface area contributed by atoms with Crippen LogP contribution in [0, 0.1) is 0 Å².